The van der Waals surface area contributed by atoms with Crippen LogP contribution in [0.1, 0.15) is 16.7 Å². The molecule has 0 saturated carbocycles. The highest BCUT2D eigenvalue weighted by atomic mass is 16.5. The Morgan fingerprint density at radius 2 is 1.82 bits per heavy atom. The number of benzene rings is 2. The quantitative estimate of drug-likeness (QED) is 0.855. The monoisotopic (exact) mass is 296 g/mol. The van der Waals surface area contributed by atoms with Crippen LogP contribution in [0.5, 0.6) is 11.5 Å². The van der Waals surface area contributed by atoms with E-state index in [1.165, 1.54) is 5.56 Å². The van der Waals surface area contributed by atoms with Crippen LogP contribution >= 0.6 is 0 Å². The molecule has 0 aliphatic carbocycles. The number of nitrogen functional groups attached to an aromatic ring is 1. The predicted molar refractivity (Wildman–Crippen MR) is 90.0 cm³/mol. The van der Waals surface area contributed by atoms with Crippen molar-refractivity contribution in [2.45, 2.75) is 6.42 Å². The van der Waals surface area contributed by atoms with Gasteiger partial charge >= 0.3 is 0 Å². The van der Waals surface area contributed by atoms with E-state index in [2.05, 4.69) is 17.5 Å². The molecule has 0 unspecified atom stereocenters. The summed E-state index contributed by atoms with van der Waals surface area (Å²) in [5.74, 6) is 1.50. The van der Waals surface area contributed by atoms with Gasteiger partial charge < -0.3 is 20.5 Å². The summed E-state index contributed by atoms with van der Waals surface area (Å²) < 4.78 is 10.8. The summed E-state index contributed by atoms with van der Waals surface area (Å²) in [5.41, 5.74) is 11.3. The van der Waals surface area contributed by atoms with Gasteiger partial charge in [0.25, 0.3) is 0 Å². The minimum absolute atomic E-state index is 0.733. The Morgan fingerprint density at radius 1 is 1.09 bits per heavy atom. The maximum absolute atomic E-state index is 6.04. The van der Waals surface area contributed by atoms with Crippen LogP contribution < -0.4 is 20.5 Å². The van der Waals surface area contributed by atoms with Crippen molar-refractivity contribution in [2.24, 2.45) is 0 Å². The molecule has 0 bridgehead atoms. The van der Waals surface area contributed by atoms with Gasteiger partial charge in [0.05, 0.1) is 14.2 Å². The molecule has 0 radical (unpaired) electrons. The largest absolute Gasteiger partial charge is 0.493 e. The molecule has 0 fully saturated rings. The summed E-state index contributed by atoms with van der Waals surface area (Å²) >= 11 is 0. The van der Waals surface area contributed by atoms with Crippen LogP contribution in [-0.2, 0) is 6.42 Å². The Bertz CT molecular complexity index is 723. The molecule has 1 heterocycles. The standard InChI is InChI=1S/C18H20N2O2/c1-21-17-10-12-7-8-20-16(14(12)11-18(17)22-2)9-13-5-3-4-6-15(13)19/h3-6,9-11,20H,7-8,19H2,1-2H3/b16-9+. The van der Waals surface area contributed by atoms with Crippen molar-refractivity contribution in [1.29, 1.82) is 0 Å². The number of anilines is 1. The number of methoxy groups -OCH3 is 2. The zero-order valence-electron chi connectivity index (χ0n) is 12.8. The number of fused-ring (bicyclic) bond motifs is 1. The second-order valence-corrected chi connectivity index (χ2v) is 5.23. The maximum atomic E-state index is 6.04. The van der Waals surface area contributed by atoms with Crippen LogP contribution in [0, 0.1) is 0 Å². The van der Waals surface area contributed by atoms with Gasteiger partial charge in [-0.2, -0.15) is 0 Å². The van der Waals surface area contributed by atoms with Crippen molar-refractivity contribution in [2.75, 3.05) is 26.5 Å². The Kier molecular flexibility index (Phi) is 3.92. The van der Waals surface area contributed by atoms with Gasteiger partial charge in [-0.05, 0) is 41.8 Å². The molecular formula is C18H20N2O2. The fourth-order valence-corrected chi connectivity index (χ4v) is 2.73. The molecule has 0 amide bonds. The highest BCUT2D eigenvalue weighted by Gasteiger charge is 2.18. The average molecular weight is 296 g/mol. The van der Waals surface area contributed by atoms with Crippen molar-refractivity contribution < 1.29 is 9.47 Å². The first-order valence-electron chi connectivity index (χ1n) is 7.28. The molecule has 0 saturated heterocycles. The Balaban J connectivity index is 2.09. The second kappa shape index (κ2) is 6.02. The number of nitrogens with two attached hydrogens (primary N) is 1. The van der Waals surface area contributed by atoms with Crippen LogP contribution in [0.4, 0.5) is 5.69 Å². The molecule has 4 nitrogen and oxygen atoms in total. The molecule has 22 heavy (non-hydrogen) atoms. The van der Waals surface area contributed by atoms with Gasteiger partial charge in [-0.1, -0.05) is 18.2 Å². The first kappa shape index (κ1) is 14.3. The molecule has 3 N–H and O–H groups in total. The lowest BCUT2D eigenvalue weighted by Crippen LogP contribution is -2.22. The smallest absolute Gasteiger partial charge is 0.161 e. The van der Waals surface area contributed by atoms with Gasteiger partial charge in [0.15, 0.2) is 11.5 Å². The van der Waals surface area contributed by atoms with Gasteiger partial charge in [-0.15, -0.1) is 0 Å². The number of hydrogen-bond acceptors (Lipinski definition) is 4. The zero-order chi connectivity index (χ0) is 15.5. The van der Waals surface area contributed by atoms with E-state index in [9.17, 15) is 0 Å². The second-order valence-electron chi connectivity index (χ2n) is 5.23. The normalized spacial score (nSPS) is 15.1. The Hall–Kier alpha value is -2.62. The van der Waals surface area contributed by atoms with Crippen molar-refractivity contribution in [3.8, 4) is 11.5 Å². The van der Waals surface area contributed by atoms with Crippen molar-refractivity contribution >= 4 is 17.5 Å². The first-order valence-corrected chi connectivity index (χ1v) is 7.28. The van der Waals surface area contributed by atoms with Gasteiger partial charge in [-0.25, -0.2) is 0 Å². The van der Waals surface area contributed by atoms with Crippen LogP contribution in [0.3, 0.4) is 0 Å². The Labute approximate surface area is 130 Å². The average Bonchev–Trinajstić information content (AvgIpc) is 2.56. The van der Waals surface area contributed by atoms with Crippen LogP contribution in [-0.4, -0.2) is 20.8 Å². The molecule has 2 aromatic carbocycles. The third-order valence-corrected chi connectivity index (χ3v) is 3.91. The zero-order valence-corrected chi connectivity index (χ0v) is 12.8. The molecule has 2 aromatic rings. The lowest BCUT2D eigenvalue weighted by Gasteiger charge is -2.23. The summed E-state index contributed by atoms with van der Waals surface area (Å²) in [6.07, 6.45) is 3.04. The number of rotatable bonds is 3. The molecule has 0 aromatic heterocycles. The van der Waals surface area contributed by atoms with E-state index in [1.54, 1.807) is 14.2 Å². The van der Waals surface area contributed by atoms with Gasteiger partial charge in [0.2, 0.25) is 0 Å². The molecule has 3 rings (SSSR count). The number of para-hydroxylation sites is 1. The molecule has 0 atom stereocenters. The van der Waals surface area contributed by atoms with Crippen molar-refractivity contribution in [1.82, 2.24) is 5.32 Å². The van der Waals surface area contributed by atoms with E-state index in [-0.39, 0.29) is 0 Å². The van der Waals surface area contributed by atoms with E-state index in [0.29, 0.717) is 0 Å². The molecule has 114 valence electrons. The summed E-state index contributed by atoms with van der Waals surface area (Å²) in [4.78, 5) is 0. The highest BCUT2D eigenvalue weighted by Crippen LogP contribution is 2.35. The summed E-state index contributed by atoms with van der Waals surface area (Å²) in [6, 6.07) is 11.9. The SMILES string of the molecule is COc1cc2c(cc1OC)/C(=C\c1ccccc1N)NCC2. The lowest BCUT2D eigenvalue weighted by molar-refractivity contribution is 0.354. The molecule has 4 heteroatoms. The third kappa shape index (κ3) is 2.60. The lowest BCUT2D eigenvalue weighted by atomic mass is 9.95. The van der Waals surface area contributed by atoms with Crippen LogP contribution in [0.25, 0.3) is 11.8 Å². The van der Waals surface area contributed by atoms with Crippen molar-refractivity contribution in [3.05, 3.63) is 53.1 Å². The highest BCUT2D eigenvalue weighted by molar-refractivity contribution is 5.86. The summed E-state index contributed by atoms with van der Waals surface area (Å²) in [7, 11) is 3.31. The predicted octanol–water partition coefficient (Wildman–Crippen LogP) is 2.93. The molecule has 1 aliphatic rings. The fourth-order valence-electron chi connectivity index (χ4n) is 2.73. The van der Waals surface area contributed by atoms with E-state index < -0.39 is 0 Å². The van der Waals surface area contributed by atoms with E-state index in [4.69, 9.17) is 15.2 Å². The minimum Gasteiger partial charge on any atom is -0.493 e. The summed E-state index contributed by atoms with van der Waals surface area (Å²) in [6.45, 7) is 0.890. The summed E-state index contributed by atoms with van der Waals surface area (Å²) in [5, 5.41) is 3.45. The van der Waals surface area contributed by atoms with Gasteiger partial charge in [0.1, 0.15) is 0 Å². The number of hydrogen-bond donors (Lipinski definition) is 2. The number of nitrogens with one attached hydrogen (secondary N) is 1. The van der Waals surface area contributed by atoms with Crippen molar-refractivity contribution in [3.63, 3.8) is 0 Å². The topological polar surface area (TPSA) is 56.5 Å². The maximum Gasteiger partial charge on any atom is 0.161 e. The Morgan fingerprint density at radius 3 is 2.55 bits per heavy atom. The third-order valence-electron chi connectivity index (χ3n) is 3.91. The van der Waals surface area contributed by atoms with E-state index >= 15 is 0 Å². The molecular weight excluding hydrogens is 276 g/mol. The van der Waals surface area contributed by atoms with E-state index in [0.717, 1.165) is 47.0 Å². The van der Waals surface area contributed by atoms with E-state index in [1.807, 2.05) is 30.3 Å². The first-order chi connectivity index (χ1) is 10.7. The van der Waals surface area contributed by atoms with Gasteiger partial charge in [-0.3, -0.25) is 0 Å². The van der Waals surface area contributed by atoms with Crippen LogP contribution in [0.15, 0.2) is 36.4 Å². The minimum atomic E-state index is 0.733. The molecule has 1 aliphatic heterocycles. The van der Waals surface area contributed by atoms with Crippen LogP contribution in [0.2, 0.25) is 0 Å². The number of ether oxygens (including phenoxy) is 2. The fraction of sp³-hybridized carbons (Fsp3) is 0.222. The van der Waals surface area contributed by atoms with Gasteiger partial charge in [0, 0.05) is 23.5 Å². The molecule has 0 spiro atoms.